The number of aliphatic hydroxyl groups is 6. The molecular formula is C31H43N15O14. The van der Waals surface area contributed by atoms with Crippen LogP contribution in [-0.2, 0) is 39.8 Å². The zero-order chi connectivity index (χ0) is 43.3. The number of rotatable bonds is 18. The van der Waals surface area contributed by atoms with Crippen molar-refractivity contribution in [3.63, 3.8) is 0 Å². The van der Waals surface area contributed by atoms with E-state index in [4.69, 9.17) is 49.0 Å². The van der Waals surface area contributed by atoms with Crippen molar-refractivity contribution in [3.8, 4) is 5.75 Å². The number of methoxy groups -OCH3 is 1. The lowest BCUT2D eigenvalue weighted by atomic mass is 9.84. The van der Waals surface area contributed by atoms with E-state index >= 15 is 0 Å². The molecule has 1 saturated carbocycles. The summed E-state index contributed by atoms with van der Waals surface area (Å²) in [7, 11) is 1.50. The highest BCUT2D eigenvalue weighted by Gasteiger charge is 2.53. The van der Waals surface area contributed by atoms with Gasteiger partial charge in [0.2, 0.25) is 0 Å². The van der Waals surface area contributed by atoms with Crippen LogP contribution in [0.3, 0.4) is 0 Å². The summed E-state index contributed by atoms with van der Waals surface area (Å²) >= 11 is 0. The molecule has 60 heavy (non-hydrogen) atoms. The molecule has 1 aromatic rings. The van der Waals surface area contributed by atoms with Crippen LogP contribution in [0.5, 0.6) is 5.75 Å². The van der Waals surface area contributed by atoms with Gasteiger partial charge in [0.25, 0.3) is 0 Å². The first-order valence-corrected chi connectivity index (χ1v) is 18.3. The van der Waals surface area contributed by atoms with Gasteiger partial charge in [0.1, 0.15) is 48.4 Å². The molecule has 0 radical (unpaired) electrons. The zero-order valence-corrected chi connectivity index (χ0v) is 31.6. The van der Waals surface area contributed by atoms with Crippen molar-refractivity contribution in [1.82, 2.24) is 0 Å². The molecular weight excluding hydrogens is 806 g/mol. The lowest BCUT2D eigenvalue weighted by Crippen LogP contribution is -2.63. The van der Waals surface area contributed by atoms with Crippen LogP contribution >= 0.6 is 0 Å². The fourth-order valence-corrected chi connectivity index (χ4v) is 7.36. The Morgan fingerprint density at radius 3 is 1.87 bits per heavy atom. The first-order chi connectivity index (χ1) is 29.0. The summed E-state index contributed by atoms with van der Waals surface area (Å²) in [4.78, 5) is 13.7. The first-order valence-electron chi connectivity index (χ1n) is 18.3. The monoisotopic (exact) mass is 849 g/mol. The molecule has 0 bridgehead atoms. The van der Waals surface area contributed by atoms with Crippen LogP contribution in [-0.4, -0.2) is 168 Å². The van der Waals surface area contributed by atoms with Crippen LogP contribution in [0.25, 0.3) is 52.2 Å². The maximum absolute atomic E-state index is 11.5. The summed E-state index contributed by atoms with van der Waals surface area (Å²) in [6, 6.07) is 1.15. The molecule has 0 spiro atoms. The molecule has 3 aliphatic heterocycles. The molecule has 29 heteroatoms. The van der Waals surface area contributed by atoms with E-state index in [1.807, 2.05) is 0 Å². The van der Waals surface area contributed by atoms with E-state index in [-0.39, 0.29) is 19.4 Å². The third-order valence-electron chi connectivity index (χ3n) is 10.4. The van der Waals surface area contributed by atoms with E-state index in [9.17, 15) is 47.2 Å². The Balaban J connectivity index is 1.39. The molecule has 326 valence electrons. The van der Waals surface area contributed by atoms with Crippen molar-refractivity contribution in [2.45, 2.75) is 130 Å². The van der Waals surface area contributed by atoms with Gasteiger partial charge in [-0.15, -0.1) is 0 Å². The minimum atomic E-state index is -1.73. The number of hydrogen-bond acceptors (Lipinski definition) is 19. The van der Waals surface area contributed by atoms with Crippen molar-refractivity contribution in [1.29, 1.82) is 0 Å². The highest BCUT2D eigenvalue weighted by atomic mass is 16.8. The fraction of sp³-hybridized carbons (Fsp3) is 0.806. The summed E-state index contributed by atoms with van der Waals surface area (Å²) < 4.78 is 47.0. The summed E-state index contributed by atoms with van der Waals surface area (Å²) in [5.74, 6) is 0.590. The average Bonchev–Trinajstić information content (AvgIpc) is 3.64. The summed E-state index contributed by atoms with van der Waals surface area (Å²) in [6.07, 6.45) is -21.3. The van der Waals surface area contributed by atoms with Gasteiger partial charge >= 0.3 is 0 Å². The first kappa shape index (κ1) is 46.1. The molecule has 6 N–H and O–H groups in total. The number of hydrogen-bond donors (Lipinski definition) is 6. The zero-order valence-electron chi connectivity index (χ0n) is 31.6. The van der Waals surface area contributed by atoms with Crippen LogP contribution in [0, 0.1) is 0 Å². The number of aliphatic hydroxyl groups excluding tert-OH is 6. The van der Waals surface area contributed by atoms with Crippen molar-refractivity contribution in [2.75, 3.05) is 26.9 Å². The molecule has 0 amide bonds. The van der Waals surface area contributed by atoms with E-state index in [0.717, 1.165) is 0 Å². The molecule has 3 heterocycles. The Morgan fingerprint density at radius 1 is 0.633 bits per heavy atom. The second-order valence-corrected chi connectivity index (χ2v) is 13.8. The Labute approximate surface area is 338 Å². The third-order valence-corrected chi connectivity index (χ3v) is 10.4. The van der Waals surface area contributed by atoms with Crippen LogP contribution in [0.2, 0.25) is 0 Å². The quantitative estimate of drug-likeness (QED) is 0.0686. The van der Waals surface area contributed by atoms with E-state index in [1.54, 1.807) is 24.3 Å². The van der Waals surface area contributed by atoms with Crippen LogP contribution in [0.15, 0.2) is 49.8 Å². The SMILES string of the molecule is COc1ccc(COC2C(CO)OC(O[C@@H]3C(N=[N+]=[N-])C[C@@H](N=[N+]=[N-])C(O)C3OC3CC(OC4OC(CN=[N+]=[N-])[C@@H](O)C(O)C4N=[N+]=[N-])C(CO)O3)C(N=[N+]=[N-])C2O)cc1. The van der Waals surface area contributed by atoms with Crippen LogP contribution < -0.4 is 4.74 Å². The van der Waals surface area contributed by atoms with Crippen LogP contribution in [0.1, 0.15) is 18.4 Å². The van der Waals surface area contributed by atoms with Gasteiger partial charge in [-0.1, -0.05) is 37.7 Å². The normalized spacial score (nSPS) is 38.8. The van der Waals surface area contributed by atoms with E-state index in [1.165, 1.54) is 7.11 Å². The molecule has 4 fully saturated rings. The van der Waals surface area contributed by atoms with Gasteiger partial charge in [-0.25, -0.2) is 0 Å². The Morgan fingerprint density at radius 2 is 1.25 bits per heavy atom. The lowest BCUT2D eigenvalue weighted by Gasteiger charge is -2.47. The Kier molecular flexibility index (Phi) is 17.0. The highest BCUT2D eigenvalue weighted by Crippen LogP contribution is 2.38. The highest BCUT2D eigenvalue weighted by molar-refractivity contribution is 5.26. The number of azide groups is 5. The predicted molar refractivity (Wildman–Crippen MR) is 195 cm³/mol. The maximum atomic E-state index is 11.5. The van der Waals surface area contributed by atoms with E-state index in [2.05, 4.69) is 50.1 Å². The molecule has 1 aromatic carbocycles. The molecule has 4 aliphatic rings. The number of ether oxygens (including phenoxy) is 8. The fourth-order valence-electron chi connectivity index (χ4n) is 7.36. The molecule has 29 nitrogen and oxygen atoms in total. The topological polar surface area (TPSA) is 439 Å². The van der Waals surface area contributed by atoms with Gasteiger partial charge < -0.3 is 68.5 Å². The van der Waals surface area contributed by atoms with Gasteiger partial charge in [-0.3, -0.25) is 0 Å². The second-order valence-electron chi connectivity index (χ2n) is 13.8. The maximum Gasteiger partial charge on any atom is 0.169 e. The van der Waals surface area contributed by atoms with Gasteiger partial charge in [-0.05, 0) is 51.8 Å². The minimum Gasteiger partial charge on any atom is -0.497 e. The number of benzene rings is 1. The van der Waals surface area contributed by atoms with E-state index < -0.39 is 130 Å². The molecule has 15 unspecified atom stereocenters. The van der Waals surface area contributed by atoms with Gasteiger partial charge in [0.15, 0.2) is 18.9 Å². The molecule has 18 atom stereocenters. The molecule has 1 aliphatic carbocycles. The van der Waals surface area contributed by atoms with Crippen molar-refractivity contribution in [2.24, 2.45) is 25.6 Å². The minimum absolute atomic E-state index is 0.0660. The standard InChI is InChI=1S/C31H43N15O14/c1-53-13-4-2-12(3-5-13)11-54-28-19(10-48)58-31(22(26(28)52)41-46-36)60-27-15(39-44-34)6-14(38-43-33)23(49)29(27)59-20-7-16(18(9-47)55-20)56-30-21(40-45-35)25(51)24(50)17(57-30)8-37-42-32/h2-5,14-31,47-52H,6-11H2,1H3/t14-,15?,16?,17?,18?,19?,20?,21?,22?,23?,24-,25?,26?,27-,28?,29?,30?,31?/m1/s1. The molecule has 3 saturated heterocycles. The Hall–Kier alpha value is -4.95. The second kappa shape index (κ2) is 22.1. The van der Waals surface area contributed by atoms with E-state index in [0.29, 0.717) is 11.3 Å². The number of nitrogens with zero attached hydrogens (tertiary/aromatic N) is 15. The van der Waals surface area contributed by atoms with Crippen molar-refractivity contribution >= 4 is 0 Å². The van der Waals surface area contributed by atoms with Crippen molar-refractivity contribution < 1.29 is 68.5 Å². The largest absolute Gasteiger partial charge is 0.497 e. The summed E-state index contributed by atoms with van der Waals surface area (Å²) in [6.45, 7) is -1.92. The molecule has 5 rings (SSSR count). The molecule has 0 aromatic heterocycles. The predicted octanol–water partition coefficient (Wildman–Crippen LogP) is 1.16. The summed E-state index contributed by atoms with van der Waals surface area (Å²) in [5.41, 5.74) is 46.9. The Bertz CT molecular complexity index is 1830. The average molecular weight is 850 g/mol. The van der Waals surface area contributed by atoms with Crippen molar-refractivity contribution in [3.05, 3.63) is 82.0 Å². The third kappa shape index (κ3) is 10.7. The lowest BCUT2D eigenvalue weighted by molar-refractivity contribution is -0.311. The smallest absolute Gasteiger partial charge is 0.169 e. The van der Waals surface area contributed by atoms with Gasteiger partial charge in [0.05, 0.1) is 82.2 Å². The van der Waals surface area contributed by atoms with Crippen LogP contribution in [0.4, 0.5) is 0 Å². The van der Waals surface area contributed by atoms with Gasteiger partial charge in [0, 0.05) is 31.0 Å². The van der Waals surface area contributed by atoms with Gasteiger partial charge in [-0.2, -0.15) is 0 Å². The summed E-state index contributed by atoms with van der Waals surface area (Å²) in [5, 5.41) is 82.7.